The molecule has 0 bridgehead atoms. The predicted molar refractivity (Wildman–Crippen MR) is 101 cm³/mol. The molecule has 1 heterocycles. The first-order valence-electron chi connectivity index (χ1n) is 8.59. The molecule has 3 unspecified atom stereocenters. The lowest BCUT2D eigenvalue weighted by Gasteiger charge is -2.39. The van der Waals surface area contributed by atoms with Gasteiger partial charge in [0.2, 0.25) is 0 Å². The van der Waals surface area contributed by atoms with E-state index in [0.29, 0.717) is 13.2 Å². The first kappa shape index (κ1) is 20.3. The Balaban J connectivity index is 2.09. The Bertz CT molecular complexity index is 511. The van der Waals surface area contributed by atoms with E-state index in [9.17, 15) is 4.79 Å². The maximum Gasteiger partial charge on any atom is 0.410 e. The number of piperidine rings is 1. The molecule has 0 radical (unpaired) electrons. The van der Waals surface area contributed by atoms with Crippen molar-refractivity contribution in [2.45, 2.75) is 75.7 Å². The second-order valence-corrected chi connectivity index (χ2v) is 15.8. The van der Waals surface area contributed by atoms with Crippen molar-refractivity contribution in [2.75, 3.05) is 13.2 Å². The fourth-order valence-corrected chi connectivity index (χ4v) is 4.85. The Morgan fingerprint density at radius 1 is 1.21 bits per heavy atom. The molecule has 0 aromatic heterocycles. The van der Waals surface area contributed by atoms with Gasteiger partial charge in [0.25, 0.3) is 0 Å². The number of halogens is 2. The summed E-state index contributed by atoms with van der Waals surface area (Å²) in [5.74, 6) is 0.180. The molecule has 2 rings (SSSR count). The molecule has 24 heavy (non-hydrogen) atoms. The number of carbonyl (C=O) groups is 1. The van der Waals surface area contributed by atoms with Crippen LogP contribution in [0.2, 0.25) is 18.1 Å². The van der Waals surface area contributed by atoms with Crippen LogP contribution in [0.5, 0.6) is 0 Å². The number of hydrogen-bond acceptors (Lipinski definition) is 3. The third-order valence-corrected chi connectivity index (χ3v) is 11.1. The highest BCUT2D eigenvalue weighted by atomic mass is 35.5. The number of alkyl halides is 2. The van der Waals surface area contributed by atoms with Gasteiger partial charge in [0.05, 0.1) is 12.6 Å². The van der Waals surface area contributed by atoms with Gasteiger partial charge in [0.15, 0.2) is 8.32 Å². The molecule has 1 aliphatic heterocycles. The molecule has 2 fully saturated rings. The summed E-state index contributed by atoms with van der Waals surface area (Å²) in [5.41, 5.74) is -0.520. The van der Waals surface area contributed by atoms with Crippen molar-refractivity contribution in [1.82, 2.24) is 4.90 Å². The van der Waals surface area contributed by atoms with E-state index in [1.165, 1.54) is 0 Å². The van der Waals surface area contributed by atoms with Crippen molar-refractivity contribution < 1.29 is 14.0 Å². The summed E-state index contributed by atoms with van der Waals surface area (Å²) in [6.45, 7) is 17.6. The van der Waals surface area contributed by atoms with E-state index in [2.05, 4.69) is 33.9 Å². The van der Waals surface area contributed by atoms with Crippen LogP contribution in [0.3, 0.4) is 0 Å². The summed E-state index contributed by atoms with van der Waals surface area (Å²) in [6.07, 6.45) is -0.303. The third-order valence-electron chi connectivity index (χ3n) is 5.52. The zero-order valence-electron chi connectivity index (χ0n) is 16.1. The van der Waals surface area contributed by atoms with Crippen LogP contribution in [0.25, 0.3) is 0 Å². The molecule has 3 atom stereocenters. The van der Waals surface area contributed by atoms with Gasteiger partial charge >= 0.3 is 6.09 Å². The summed E-state index contributed by atoms with van der Waals surface area (Å²) >= 11 is 12.8. The topological polar surface area (TPSA) is 38.8 Å². The molecule has 1 aliphatic carbocycles. The molecule has 0 spiro atoms. The zero-order chi connectivity index (χ0) is 18.7. The highest BCUT2D eigenvalue weighted by molar-refractivity contribution is 6.74. The van der Waals surface area contributed by atoms with Crippen molar-refractivity contribution in [2.24, 2.45) is 11.8 Å². The molecule has 140 valence electrons. The lowest BCUT2D eigenvalue weighted by molar-refractivity contribution is 0.0138. The summed E-state index contributed by atoms with van der Waals surface area (Å²) in [6, 6.07) is -0.117. The molecular formula is C17H31Cl2NO3Si. The number of carbonyl (C=O) groups excluding carboxylic acids is 1. The van der Waals surface area contributed by atoms with Gasteiger partial charge in [0.1, 0.15) is 9.93 Å². The molecular weight excluding hydrogens is 365 g/mol. The Kier molecular flexibility index (Phi) is 5.11. The van der Waals surface area contributed by atoms with Gasteiger partial charge in [-0.3, -0.25) is 0 Å². The van der Waals surface area contributed by atoms with Crippen LogP contribution in [0.1, 0.15) is 41.5 Å². The highest BCUT2D eigenvalue weighted by Crippen LogP contribution is 2.65. The van der Waals surface area contributed by atoms with Gasteiger partial charge in [-0.1, -0.05) is 20.8 Å². The molecule has 4 nitrogen and oxygen atoms in total. The standard InChI is InChI=1S/C17H31Cl2NO3Si/c1-15(2,3)23-14(21)20-9-11-13(17(11,18)19)12(20)10-22-24(7,8)16(4,5)6/h11-13H,9-10H2,1-8H3. The largest absolute Gasteiger partial charge is 0.444 e. The number of rotatable bonds is 3. The van der Waals surface area contributed by atoms with Gasteiger partial charge < -0.3 is 14.1 Å². The monoisotopic (exact) mass is 395 g/mol. The molecule has 0 N–H and O–H groups in total. The van der Waals surface area contributed by atoms with E-state index >= 15 is 0 Å². The molecule has 0 aromatic carbocycles. The first-order valence-corrected chi connectivity index (χ1v) is 12.3. The van der Waals surface area contributed by atoms with Crippen LogP contribution >= 0.6 is 23.2 Å². The quantitative estimate of drug-likeness (QED) is 0.495. The first-order chi connectivity index (χ1) is 10.6. The number of hydrogen-bond donors (Lipinski definition) is 0. The molecule has 2 aliphatic rings. The lowest BCUT2D eigenvalue weighted by Crippen LogP contribution is -2.49. The SMILES string of the molecule is CC(C)(C)OC(=O)N1CC2C(C1CO[Si](C)(C)C(C)(C)C)C2(Cl)Cl. The number of nitrogens with zero attached hydrogens (tertiary/aromatic N) is 1. The second-order valence-electron chi connectivity index (χ2n) is 9.58. The third kappa shape index (κ3) is 3.89. The van der Waals surface area contributed by atoms with Gasteiger partial charge in [0, 0.05) is 18.4 Å². The maximum absolute atomic E-state index is 12.5. The van der Waals surface area contributed by atoms with Crippen molar-refractivity contribution in [1.29, 1.82) is 0 Å². The van der Waals surface area contributed by atoms with E-state index in [1.807, 2.05) is 20.8 Å². The number of amides is 1. The summed E-state index contributed by atoms with van der Waals surface area (Å²) in [4.78, 5) is 14.3. The van der Waals surface area contributed by atoms with E-state index < -0.39 is 18.3 Å². The van der Waals surface area contributed by atoms with Crippen LogP contribution in [-0.4, -0.2) is 48.4 Å². The average Bonchev–Trinajstić information content (AvgIpc) is 2.73. The van der Waals surface area contributed by atoms with Crippen molar-refractivity contribution in [3.63, 3.8) is 0 Å². The van der Waals surface area contributed by atoms with Gasteiger partial charge in [-0.15, -0.1) is 23.2 Å². The summed E-state index contributed by atoms with van der Waals surface area (Å²) < 4.78 is 11.2. The van der Waals surface area contributed by atoms with Crippen molar-refractivity contribution in [3.8, 4) is 0 Å². The van der Waals surface area contributed by atoms with Gasteiger partial charge in [-0.05, 0) is 38.9 Å². The van der Waals surface area contributed by atoms with Gasteiger partial charge in [-0.2, -0.15) is 0 Å². The highest BCUT2D eigenvalue weighted by Gasteiger charge is 2.72. The summed E-state index contributed by atoms with van der Waals surface area (Å²) in [5, 5.41) is 0.115. The fourth-order valence-electron chi connectivity index (χ4n) is 2.95. The maximum atomic E-state index is 12.5. The normalized spacial score (nSPS) is 29.4. The molecule has 1 saturated carbocycles. The van der Waals surface area contributed by atoms with Gasteiger partial charge in [-0.25, -0.2) is 4.79 Å². The van der Waals surface area contributed by atoms with Crippen molar-refractivity contribution >= 4 is 37.6 Å². The molecule has 1 amide bonds. The Labute approximate surface area is 157 Å². The van der Waals surface area contributed by atoms with E-state index in [4.69, 9.17) is 32.4 Å². The van der Waals surface area contributed by atoms with E-state index in [1.54, 1.807) is 4.90 Å². The summed E-state index contributed by atoms with van der Waals surface area (Å²) in [7, 11) is -1.91. The molecule has 0 aromatic rings. The number of ether oxygens (including phenoxy) is 1. The Morgan fingerprint density at radius 3 is 2.21 bits per heavy atom. The van der Waals surface area contributed by atoms with Crippen LogP contribution in [0.15, 0.2) is 0 Å². The molecule has 1 saturated heterocycles. The zero-order valence-corrected chi connectivity index (χ0v) is 18.6. The van der Waals surface area contributed by atoms with Crippen LogP contribution < -0.4 is 0 Å². The number of fused-ring (bicyclic) bond motifs is 1. The minimum atomic E-state index is -1.91. The number of likely N-dealkylation sites (tertiary alicyclic amines) is 1. The van der Waals surface area contributed by atoms with Crippen LogP contribution in [0.4, 0.5) is 4.79 Å². The van der Waals surface area contributed by atoms with E-state index in [-0.39, 0.29) is 29.0 Å². The van der Waals surface area contributed by atoms with Crippen LogP contribution in [0, 0.1) is 11.8 Å². The Hall–Kier alpha value is 0.0269. The minimum Gasteiger partial charge on any atom is -0.444 e. The predicted octanol–water partition coefficient (Wildman–Crippen LogP) is 5.05. The van der Waals surface area contributed by atoms with Crippen molar-refractivity contribution in [3.05, 3.63) is 0 Å². The smallest absolute Gasteiger partial charge is 0.410 e. The van der Waals surface area contributed by atoms with Crippen LogP contribution in [-0.2, 0) is 9.16 Å². The molecule has 7 heteroatoms. The lowest BCUT2D eigenvalue weighted by atomic mass is 10.2. The fraction of sp³-hybridized carbons (Fsp3) is 0.941. The average molecular weight is 396 g/mol. The van der Waals surface area contributed by atoms with E-state index in [0.717, 1.165) is 0 Å². The Morgan fingerprint density at radius 2 is 1.75 bits per heavy atom. The second kappa shape index (κ2) is 6.03. The minimum absolute atomic E-state index is 0.0677.